The molecule has 4 N–H and O–H groups in total. The molecule has 152 valence electrons. The van der Waals surface area contributed by atoms with Gasteiger partial charge in [0.1, 0.15) is 0 Å². The van der Waals surface area contributed by atoms with Gasteiger partial charge in [-0.2, -0.15) is 4.31 Å². The maximum Gasteiger partial charge on any atom is 0.251 e. The quantitative estimate of drug-likeness (QED) is 0.566. The number of hydrogen-bond donors (Lipinski definition) is 3. The topological polar surface area (TPSA) is 122 Å². The van der Waals surface area contributed by atoms with Gasteiger partial charge in [-0.15, -0.1) is 12.4 Å². The third-order valence-electron chi connectivity index (χ3n) is 4.28. The average molecular weight is 419 g/mol. The summed E-state index contributed by atoms with van der Waals surface area (Å²) in [4.78, 5) is 23.8. The molecule has 1 aromatic carbocycles. The molecule has 1 aliphatic rings. The Labute approximate surface area is 166 Å². The fourth-order valence-corrected chi connectivity index (χ4v) is 4.11. The predicted octanol–water partition coefficient (Wildman–Crippen LogP) is 0.476. The number of sulfonamides is 1. The standard InChI is InChI=1S/C17H26N4O4S.ClH/c1-2-3-4-14(11-18)20-17(23)13-5-7-15(8-6-13)26(24,25)21-10-9-19-16(22)12-21;/h5-8,14H,2-4,9-12,18H2,1H3,(H,19,22)(H,20,23);1H. The number of piperazine rings is 1. The first-order chi connectivity index (χ1) is 12.4. The Kier molecular flexibility index (Phi) is 9.17. The van der Waals surface area contributed by atoms with E-state index in [0.717, 1.165) is 23.6 Å². The number of halogens is 1. The first-order valence-corrected chi connectivity index (χ1v) is 10.2. The molecule has 0 spiro atoms. The van der Waals surface area contributed by atoms with E-state index in [2.05, 4.69) is 17.6 Å². The van der Waals surface area contributed by atoms with E-state index < -0.39 is 10.0 Å². The molecule has 0 saturated carbocycles. The molecule has 0 aromatic heterocycles. The third-order valence-corrected chi connectivity index (χ3v) is 6.14. The molecule has 1 aliphatic heterocycles. The van der Waals surface area contributed by atoms with Crippen LogP contribution >= 0.6 is 12.4 Å². The zero-order valence-corrected chi connectivity index (χ0v) is 16.9. The summed E-state index contributed by atoms with van der Waals surface area (Å²) >= 11 is 0. The zero-order valence-electron chi connectivity index (χ0n) is 15.3. The first kappa shape index (κ1) is 23.4. The van der Waals surface area contributed by atoms with Gasteiger partial charge in [0.15, 0.2) is 0 Å². The molecular formula is C17H27ClN4O4S. The van der Waals surface area contributed by atoms with Crippen molar-refractivity contribution in [3.05, 3.63) is 29.8 Å². The summed E-state index contributed by atoms with van der Waals surface area (Å²) in [5, 5.41) is 5.46. The van der Waals surface area contributed by atoms with Gasteiger partial charge in [0.05, 0.1) is 11.4 Å². The Balaban J connectivity index is 0.00000364. The molecule has 2 amide bonds. The summed E-state index contributed by atoms with van der Waals surface area (Å²) in [5.41, 5.74) is 6.05. The normalized spacial score (nSPS) is 16.1. The second-order valence-electron chi connectivity index (χ2n) is 6.26. The number of rotatable bonds is 8. The Morgan fingerprint density at radius 2 is 2.00 bits per heavy atom. The second-order valence-corrected chi connectivity index (χ2v) is 8.20. The van der Waals surface area contributed by atoms with Crippen LogP contribution in [0.25, 0.3) is 0 Å². The molecule has 1 unspecified atom stereocenters. The summed E-state index contributed by atoms with van der Waals surface area (Å²) in [6, 6.07) is 5.62. The summed E-state index contributed by atoms with van der Waals surface area (Å²) in [7, 11) is -3.76. The average Bonchev–Trinajstić information content (AvgIpc) is 2.65. The van der Waals surface area contributed by atoms with Gasteiger partial charge in [-0.3, -0.25) is 9.59 Å². The number of benzene rings is 1. The van der Waals surface area contributed by atoms with Crippen molar-refractivity contribution in [1.82, 2.24) is 14.9 Å². The Morgan fingerprint density at radius 3 is 2.56 bits per heavy atom. The van der Waals surface area contributed by atoms with E-state index in [0.29, 0.717) is 12.1 Å². The lowest BCUT2D eigenvalue weighted by atomic mass is 10.1. The smallest absolute Gasteiger partial charge is 0.251 e. The van der Waals surface area contributed by atoms with E-state index in [1.165, 1.54) is 24.3 Å². The lowest BCUT2D eigenvalue weighted by Gasteiger charge is -2.25. The number of nitrogens with two attached hydrogens (primary N) is 1. The largest absolute Gasteiger partial charge is 0.354 e. The molecular weight excluding hydrogens is 392 g/mol. The van der Waals surface area contributed by atoms with Gasteiger partial charge >= 0.3 is 0 Å². The van der Waals surface area contributed by atoms with Gasteiger partial charge < -0.3 is 16.4 Å². The summed E-state index contributed by atoms with van der Waals surface area (Å²) in [5.74, 6) is -0.603. The minimum absolute atomic E-state index is 0. The molecule has 1 saturated heterocycles. The molecule has 0 aliphatic carbocycles. The van der Waals surface area contributed by atoms with Crippen LogP contribution in [0, 0.1) is 0 Å². The van der Waals surface area contributed by atoms with Crippen molar-refractivity contribution in [1.29, 1.82) is 0 Å². The molecule has 8 nitrogen and oxygen atoms in total. The fourth-order valence-electron chi connectivity index (χ4n) is 2.72. The van der Waals surface area contributed by atoms with Crippen molar-refractivity contribution < 1.29 is 18.0 Å². The van der Waals surface area contributed by atoms with Crippen molar-refractivity contribution >= 4 is 34.2 Å². The zero-order chi connectivity index (χ0) is 19.2. The van der Waals surface area contributed by atoms with Crippen LogP contribution in [0.5, 0.6) is 0 Å². The van der Waals surface area contributed by atoms with Crippen LogP contribution in [0.1, 0.15) is 36.5 Å². The van der Waals surface area contributed by atoms with Crippen LogP contribution in [0.3, 0.4) is 0 Å². The minimum atomic E-state index is -3.76. The van der Waals surface area contributed by atoms with Gasteiger partial charge in [-0.1, -0.05) is 19.8 Å². The van der Waals surface area contributed by atoms with E-state index in [1.54, 1.807) is 0 Å². The molecule has 1 aromatic rings. The number of nitrogens with one attached hydrogen (secondary N) is 2. The molecule has 1 heterocycles. The first-order valence-electron chi connectivity index (χ1n) is 8.76. The summed E-state index contributed by atoms with van der Waals surface area (Å²) in [6.45, 7) is 2.75. The lowest BCUT2D eigenvalue weighted by molar-refractivity contribution is -0.122. The Bertz CT molecular complexity index is 740. The molecule has 0 bridgehead atoms. The third kappa shape index (κ3) is 6.17. The van der Waals surface area contributed by atoms with Gasteiger partial charge in [-0.05, 0) is 30.7 Å². The van der Waals surface area contributed by atoms with Crippen LogP contribution in [0.4, 0.5) is 0 Å². The highest BCUT2D eigenvalue weighted by molar-refractivity contribution is 7.89. The van der Waals surface area contributed by atoms with E-state index in [1.807, 2.05) is 0 Å². The van der Waals surface area contributed by atoms with Crippen LogP contribution in [-0.4, -0.2) is 56.8 Å². The number of nitrogens with zero attached hydrogens (tertiary/aromatic N) is 1. The molecule has 27 heavy (non-hydrogen) atoms. The molecule has 10 heteroatoms. The number of hydrogen-bond acceptors (Lipinski definition) is 5. The van der Waals surface area contributed by atoms with E-state index in [4.69, 9.17) is 5.73 Å². The highest BCUT2D eigenvalue weighted by atomic mass is 35.5. The molecule has 0 radical (unpaired) electrons. The lowest BCUT2D eigenvalue weighted by Crippen LogP contribution is -2.49. The summed E-state index contributed by atoms with van der Waals surface area (Å²) < 4.78 is 26.3. The van der Waals surface area contributed by atoms with Crippen molar-refractivity contribution in [2.45, 2.75) is 37.1 Å². The second kappa shape index (κ2) is 10.6. The fraction of sp³-hybridized carbons (Fsp3) is 0.529. The number of carbonyl (C=O) groups is 2. The van der Waals surface area contributed by atoms with E-state index in [9.17, 15) is 18.0 Å². The minimum Gasteiger partial charge on any atom is -0.354 e. The van der Waals surface area contributed by atoms with Gasteiger partial charge in [0.2, 0.25) is 15.9 Å². The highest BCUT2D eigenvalue weighted by Crippen LogP contribution is 2.17. The van der Waals surface area contributed by atoms with Crippen LogP contribution in [-0.2, 0) is 14.8 Å². The van der Waals surface area contributed by atoms with Crippen LogP contribution in [0.15, 0.2) is 29.2 Å². The maximum absolute atomic E-state index is 12.6. The molecule has 1 atom stereocenters. The highest BCUT2D eigenvalue weighted by Gasteiger charge is 2.29. The van der Waals surface area contributed by atoms with Gasteiger partial charge in [0, 0.05) is 31.2 Å². The SMILES string of the molecule is CCCCC(CN)NC(=O)c1ccc(S(=O)(=O)N2CCNC(=O)C2)cc1.Cl. The van der Waals surface area contributed by atoms with Gasteiger partial charge in [-0.25, -0.2) is 8.42 Å². The molecule has 1 fully saturated rings. The number of amides is 2. The van der Waals surface area contributed by atoms with E-state index in [-0.39, 0.29) is 54.8 Å². The van der Waals surface area contributed by atoms with Crippen LogP contribution in [0.2, 0.25) is 0 Å². The molecule has 2 rings (SSSR count). The number of unbranched alkanes of at least 4 members (excludes halogenated alkanes) is 1. The van der Waals surface area contributed by atoms with Crippen molar-refractivity contribution in [2.24, 2.45) is 5.73 Å². The van der Waals surface area contributed by atoms with Gasteiger partial charge in [0.25, 0.3) is 5.91 Å². The summed E-state index contributed by atoms with van der Waals surface area (Å²) in [6.07, 6.45) is 2.80. The van der Waals surface area contributed by atoms with Crippen molar-refractivity contribution in [3.8, 4) is 0 Å². The maximum atomic E-state index is 12.6. The Hall–Kier alpha value is -1.68. The Morgan fingerprint density at radius 1 is 1.33 bits per heavy atom. The monoisotopic (exact) mass is 418 g/mol. The van der Waals surface area contributed by atoms with Crippen LogP contribution < -0.4 is 16.4 Å². The van der Waals surface area contributed by atoms with Crippen molar-refractivity contribution in [2.75, 3.05) is 26.2 Å². The van der Waals surface area contributed by atoms with Crippen molar-refractivity contribution in [3.63, 3.8) is 0 Å². The predicted molar refractivity (Wildman–Crippen MR) is 105 cm³/mol. The number of carbonyl (C=O) groups excluding carboxylic acids is 2. The van der Waals surface area contributed by atoms with E-state index >= 15 is 0 Å².